The molecule has 1 saturated heterocycles. The van der Waals surface area contributed by atoms with Gasteiger partial charge in [-0.2, -0.15) is 0 Å². The van der Waals surface area contributed by atoms with Crippen molar-refractivity contribution in [3.8, 4) is 0 Å². The third-order valence-corrected chi connectivity index (χ3v) is 3.45. The topological polar surface area (TPSA) is 84.3 Å². The van der Waals surface area contributed by atoms with Crippen molar-refractivity contribution in [2.75, 3.05) is 0 Å². The van der Waals surface area contributed by atoms with Crippen molar-refractivity contribution < 1.29 is 9.84 Å². The van der Waals surface area contributed by atoms with Crippen molar-refractivity contribution in [1.29, 1.82) is 0 Å². The zero-order chi connectivity index (χ0) is 11.4. The minimum Gasteiger partial charge on any atom is -0.390 e. The van der Waals surface area contributed by atoms with Crippen LogP contribution in [-0.4, -0.2) is 26.9 Å². The Morgan fingerprint density at radius 2 is 2.25 bits per heavy atom. The molecule has 0 spiro atoms. The van der Waals surface area contributed by atoms with Crippen LogP contribution in [0.4, 0.5) is 0 Å². The lowest BCUT2D eigenvalue weighted by atomic mass is 10.1. The molecule has 0 radical (unpaired) electrons. The maximum Gasteiger partial charge on any atom is 0.330 e. The number of ether oxygens (including phenoxy) is 1. The first kappa shape index (κ1) is 9.80. The Hall–Kier alpha value is -1.40. The summed E-state index contributed by atoms with van der Waals surface area (Å²) < 4.78 is 6.92. The highest BCUT2D eigenvalue weighted by Crippen LogP contribution is 2.53. The van der Waals surface area contributed by atoms with E-state index in [0.717, 1.165) is 0 Å². The summed E-state index contributed by atoms with van der Waals surface area (Å²) in [4.78, 5) is 24.6. The number of rotatable bonds is 1. The monoisotopic (exact) mass is 224 g/mol. The molecule has 0 aromatic carbocycles. The molecule has 1 aliphatic carbocycles. The van der Waals surface area contributed by atoms with Gasteiger partial charge in [0.25, 0.3) is 5.56 Å². The van der Waals surface area contributed by atoms with Crippen molar-refractivity contribution in [3.63, 3.8) is 0 Å². The molecule has 2 unspecified atom stereocenters. The van der Waals surface area contributed by atoms with Gasteiger partial charge in [0.15, 0.2) is 0 Å². The van der Waals surface area contributed by atoms with E-state index in [9.17, 15) is 14.7 Å². The Bertz CT molecular complexity index is 534. The van der Waals surface area contributed by atoms with Gasteiger partial charge >= 0.3 is 5.69 Å². The first-order valence-electron chi connectivity index (χ1n) is 5.24. The Balaban J connectivity index is 1.95. The molecule has 2 aliphatic rings. The fourth-order valence-electron chi connectivity index (χ4n) is 2.49. The first-order chi connectivity index (χ1) is 7.59. The van der Waals surface area contributed by atoms with Gasteiger partial charge < -0.3 is 9.84 Å². The highest BCUT2D eigenvalue weighted by atomic mass is 16.5. The van der Waals surface area contributed by atoms with Crippen LogP contribution in [0.15, 0.2) is 21.9 Å². The maximum absolute atomic E-state index is 11.5. The number of hydrogen-bond acceptors (Lipinski definition) is 4. The largest absolute Gasteiger partial charge is 0.390 e. The molecular weight excluding hydrogens is 212 g/mol. The van der Waals surface area contributed by atoms with Crippen LogP contribution in [0.25, 0.3) is 0 Å². The zero-order valence-corrected chi connectivity index (χ0v) is 8.66. The van der Waals surface area contributed by atoms with Crippen LogP contribution in [0.2, 0.25) is 0 Å². The van der Waals surface area contributed by atoms with Crippen LogP contribution in [0.5, 0.6) is 0 Å². The molecule has 2 heterocycles. The number of hydrogen-bond donors (Lipinski definition) is 2. The summed E-state index contributed by atoms with van der Waals surface area (Å²) in [6.45, 7) is 1.93. The van der Waals surface area contributed by atoms with Crippen molar-refractivity contribution in [3.05, 3.63) is 33.1 Å². The molecular formula is C10H12N2O4. The van der Waals surface area contributed by atoms with Gasteiger partial charge in [0.1, 0.15) is 6.23 Å². The highest BCUT2D eigenvalue weighted by molar-refractivity contribution is 5.08. The van der Waals surface area contributed by atoms with Gasteiger partial charge in [-0.25, -0.2) is 4.79 Å². The van der Waals surface area contributed by atoms with Gasteiger partial charge in [-0.1, -0.05) is 6.92 Å². The van der Waals surface area contributed by atoms with E-state index >= 15 is 0 Å². The zero-order valence-electron chi connectivity index (χ0n) is 8.66. The number of aromatic amines is 1. The highest BCUT2D eigenvalue weighted by Gasteiger charge is 2.62. The number of aliphatic hydroxyl groups is 1. The van der Waals surface area contributed by atoms with Gasteiger partial charge in [-0.05, 0) is 0 Å². The fraction of sp³-hybridized carbons (Fsp3) is 0.600. The Kier molecular flexibility index (Phi) is 1.87. The number of H-pyrrole nitrogens is 1. The second-order valence-corrected chi connectivity index (χ2v) is 4.44. The summed E-state index contributed by atoms with van der Waals surface area (Å²) in [5.74, 6) is 0.187. The minimum absolute atomic E-state index is 0.0728. The average Bonchev–Trinajstić information content (AvgIpc) is 2.70. The second-order valence-electron chi connectivity index (χ2n) is 4.44. The van der Waals surface area contributed by atoms with Crippen LogP contribution in [-0.2, 0) is 4.74 Å². The number of nitrogens with zero attached hydrogens (tertiary/aromatic N) is 1. The van der Waals surface area contributed by atoms with Gasteiger partial charge in [0.05, 0.1) is 12.2 Å². The van der Waals surface area contributed by atoms with Crippen LogP contribution in [0.3, 0.4) is 0 Å². The fourth-order valence-corrected chi connectivity index (χ4v) is 2.49. The van der Waals surface area contributed by atoms with Crippen molar-refractivity contribution in [1.82, 2.24) is 9.55 Å². The van der Waals surface area contributed by atoms with Crippen molar-refractivity contribution in [2.24, 2.45) is 11.8 Å². The van der Waals surface area contributed by atoms with E-state index in [1.54, 1.807) is 0 Å². The number of aromatic nitrogens is 2. The third-order valence-electron chi connectivity index (χ3n) is 3.45. The normalized spacial score (nSPS) is 40.8. The summed E-state index contributed by atoms with van der Waals surface area (Å²) in [6.07, 6.45) is 0.491. The lowest BCUT2D eigenvalue weighted by Crippen LogP contribution is -2.34. The molecule has 1 saturated carbocycles. The van der Waals surface area contributed by atoms with Gasteiger partial charge in [0.2, 0.25) is 0 Å². The van der Waals surface area contributed by atoms with E-state index < -0.39 is 17.4 Å². The molecule has 1 aromatic rings. The molecule has 1 aromatic heterocycles. The van der Waals surface area contributed by atoms with Gasteiger partial charge in [0, 0.05) is 24.1 Å². The third kappa shape index (κ3) is 1.20. The molecule has 86 valence electrons. The van der Waals surface area contributed by atoms with E-state index in [2.05, 4.69) is 4.98 Å². The first-order valence-corrected chi connectivity index (χ1v) is 5.24. The predicted molar refractivity (Wildman–Crippen MR) is 53.9 cm³/mol. The van der Waals surface area contributed by atoms with Crippen LogP contribution in [0.1, 0.15) is 13.2 Å². The Morgan fingerprint density at radius 3 is 2.81 bits per heavy atom. The van der Waals surface area contributed by atoms with Gasteiger partial charge in [-0.15, -0.1) is 0 Å². The Labute approximate surface area is 90.5 Å². The second kappa shape index (κ2) is 3.05. The smallest absolute Gasteiger partial charge is 0.330 e. The summed E-state index contributed by atoms with van der Waals surface area (Å²) in [5.41, 5.74) is -0.891. The van der Waals surface area contributed by atoms with Crippen LogP contribution >= 0.6 is 0 Å². The SMILES string of the molecule is C[C@H]1C2C(O)[C@H]2O[C@H]1n1ccc(=O)[nH]c1=O. The molecule has 3 rings (SSSR count). The maximum atomic E-state index is 11.5. The van der Waals surface area contributed by atoms with E-state index in [0.29, 0.717) is 0 Å². The number of nitrogens with one attached hydrogen (secondary N) is 1. The molecule has 2 N–H and O–H groups in total. The van der Waals surface area contributed by atoms with E-state index in [-0.39, 0.29) is 24.2 Å². The molecule has 5 atom stereocenters. The number of aliphatic hydroxyl groups excluding tert-OH is 1. The average molecular weight is 224 g/mol. The predicted octanol–water partition coefficient (Wildman–Crippen LogP) is -0.939. The minimum atomic E-state index is -0.472. The molecule has 16 heavy (non-hydrogen) atoms. The standard InChI is InChI=1S/C10H12N2O4/c1-4-6-7(14)8(6)16-9(4)12-3-2-5(13)11-10(12)15/h2-4,6-9,14H,1H3,(H,11,13,15)/t4-,6?,7?,8-,9+/m0/s1. The molecule has 6 heteroatoms. The molecule has 1 aliphatic heterocycles. The van der Waals surface area contributed by atoms with Crippen LogP contribution < -0.4 is 11.2 Å². The van der Waals surface area contributed by atoms with Crippen molar-refractivity contribution in [2.45, 2.75) is 25.4 Å². The Morgan fingerprint density at radius 1 is 1.50 bits per heavy atom. The van der Waals surface area contributed by atoms with Crippen molar-refractivity contribution >= 4 is 0 Å². The van der Waals surface area contributed by atoms with E-state index in [1.807, 2.05) is 6.92 Å². The van der Waals surface area contributed by atoms with E-state index in [1.165, 1.54) is 16.8 Å². The summed E-state index contributed by atoms with van der Waals surface area (Å²) in [5, 5.41) is 9.42. The molecule has 2 fully saturated rings. The molecule has 0 bridgehead atoms. The summed E-state index contributed by atoms with van der Waals surface area (Å²) in [7, 11) is 0. The summed E-state index contributed by atoms with van der Waals surface area (Å²) >= 11 is 0. The summed E-state index contributed by atoms with van der Waals surface area (Å²) in [6, 6.07) is 1.29. The number of fused-ring (bicyclic) bond motifs is 1. The molecule has 0 amide bonds. The molecule has 6 nitrogen and oxygen atoms in total. The van der Waals surface area contributed by atoms with E-state index in [4.69, 9.17) is 4.74 Å². The lowest BCUT2D eigenvalue weighted by Gasteiger charge is -2.21. The van der Waals surface area contributed by atoms with Gasteiger partial charge in [-0.3, -0.25) is 14.3 Å². The van der Waals surface area contributed by atoms with Crippen LogP contribution in [0, 0.1) is 11.8 Å². The quantitative estimate of drug-likeness (QED) is 0.645. The lowest BCUT2D eigenvalue weighted by molar-refractivity contribution is -0.0335.